The van der Waals surface area contributed by atoms with E-state index in [1.165, 1.54) is 10.8 Å². The van der Waals surface area contributed by atoms with E-state index >= 15 is 0 Å². The highest BCUT2D eigenvalue weighted by atomic mass is 14.8. The highest BCUT2D eigenvalue weighted by Crippen LogP contribution is 2.20. The van der Waals surface area contributed by atoms with Gasteiger partial charge in [-0.2, -0.15) is 0 Å². The summed E-state index contributed by atoms with van der Waals surface area (Å²) in [4.78, 5) is 9.13. The molecule has 0 aliphatic heterocycles. The second kappa shape index (κ2) is 3.27. The molecule has 2 heteroatoms. The van der Waals surface area contributed by atoms with Gasteiger partial charge >= 0.3 is 0 Å². The monoisotopic (exact) mass is 208 g/mol. The van der Waals surface area contributed by atoms with E-state index in [1.54, 1.807) is 0 Å². The quantitative estimate of drug-likeness (QED) is 0.529. The lowest BCUT2D eigenvalue weighted by Gasteiger charge is -2.04. The summed E-state index contributed by atoms with van der Waals surface area (Å²) in [5.41, 5.74) is 3.95. The number of benzene rings is 2. The first kappa shape index (κ1) is 9.28. The number of aromatic nitrogens is 2. The van der Waals surface area contributed by atoms with E-state index in [-0.39, 0.29) is 0 Å². The van der Waals surface area contributed by atoms with Crippen LogP contribution in [0.1, 0.15) is 11.4 Å². The van der Waals surface area contributed by atoms with Gasteiger partial charge in [0.25, 0.3) is 0 Å². The molecule has 1 aromatic heterocycles. The van der Waals surface area contributed by atoms with Crippen molar-refractivity contribution < 1.29 is 0 Å². The molecule has 1 heterocycles. The minimum atomic E-state index is 0.974. The first-order chi connectivity index (χ1) is 7.74. The lowest BCUT2D eigenvalue weighted by Crippen LogP contribution is -1.93. The van der Waals surface area contributed by atoms with Crippen LogP contribution < -0.4 is 0 Å². The Labute approximate surface area is 94.0 Å². The molecule has 0 amide bonds. The third kappa shape index (κ3) is 1.34. The smallest absolute Gasteiger partial charge is 0.0896 e. The number of rotatable bonds is 0. The number of aryl methyl sites for hydroxylation is 2. The zero-order valence-electron chi connectivity index (χ0n) is 9.36. The molecule has 16 heavy (non-hydrogen) atoms. The van der Waals surface area contributed by atoms with Gasteiger partial charge in [0.1, 0.15) is 0 Å². The first-order valence-electron chi connectivity index (χ1n) is 5.38. The summed E-state index contributed by atoms with van der Waals surface area (Å²) >= 11 is 0. The van der Waals surface area contributed by atoms with E-state index in [4.69, 9.17) is 0 Å². The fourth-order valence-electron chi connectivity index (χ4n) is 1.92. The zero-order chi connectivity index (χ0) is 11.1. The van der Waals surface area contributed by atoms with E-state index in [9.17, 15) is 0 Å². The van der Waals surface area contributed by atoms with Crippen LogP contribution in [0, 0.1) is 13.8 Å². The van der Waals surface area contributed by atoms with Crippen LogP contribution in [-0.2, 0) is 0 Å². The Morgan fingerprint density at radius 3 is 1.62 bits per heavy atom. The van der Waals surface area contributed by atoms with Gasteiger partial charge in [-0.1, -0.05) is 24.3 Å². The van der Waals surface area contributed by atoms with Crippen molar-refractivity contribution in [2.24, 2.45) is 0 Å². The van der Waals surface area contributed by atoms with Crippen molar-refractivity contribution in [3.63, 3.8) is 0 Å². The van der Waals surface area contributed by atoms with Gasteiger partial charge in [-0.3, -0.25) is 0 Å². The average Bonchev–Trinajstić information content (AvgIpc) is 2.28. The van der Waals surface area contributed by atoms with Crippen molar-refractivity contribution in [3.8, 4) is 0 Å². The molecule has 0 N–H and O–H groups in total. The number of hydrogen-bond acceptors (Lipinski definition) is 2. The van der Waals surface area contributed by atoms with Crippen molar-refractivity contribution in [2.75, 3.05) is 0 Å². The maximum absolute atomic E-state index is 4.56. The number of fused-ring (bicyclic) bond motifs is 2. The minimum Gasteiger partial charge on any atom is -0.250 e. The summed E-state index contributed by atoms with van der Waals surface area (Å²) in [5, 5.41) is 2.43. The average molecular weight is 208 g/mol. The summed E-state index contributed by atoms with van der Waals surface area (Å²) in [6.45, 7) is 3.99. The second-order valence-corrected chi connectivity index (χ2v) is 4.08. The standard InChI is InChI=1S/C14H12N2/c1-9-10(2)16-14-8-12-6-4-3-5-11(12)7-13(14)15-9/h3-8H,1-2H3. The van der Waals surface area contributed by atoms with Crippen molar-refractivity contribution in [3.05, 3.63) is 47.8 Å². The third-order valence-electron chi connectivity index (χ3n) is 2.94. The van der Waals surface area contributed by atoms with Gasteiger partial charge in [0.15, 0.2) is 0 Å². The van der Waals surface area contributed by atoms with E-state index < -0.39 is 0 Å². The van der Waals surface area contributed by atoms with Crippen LogP contribution in [0.2, 0.25) is 0 Å². The van der Waals surface area contributed by atoms with Crippen LogP contribution in [0.4, 0.5) is 0 Å². The largest absolute Gasteiger partial charge is 0.250 e. The van der Waals surface area contributed by atoms with Crippen LogP contribution in [0.3, 0.4) is 0 Å². The van der Waals surface area contributed by atoms with E-state index in [1.807, 2.05) is 26.0 Å². The topological polar surface area (TPSA) is 25.8 Å². The Bertz CT molecular complexity index is 627. The van der Waals surface area contributed by atoms with Crippen molar-refractivity contribution in [2.45, 2.75) is 13.8 Å². The Balaban J connectivity index is 2.46. The van der Waals surface area contributed by atoms with Gasteiger partial charge in [-0.15, -0.1) is 0 Å². The summed E-state index contributed by atoms with van der Waals surface area (Å²) in [6, 6.07) is 12.5. The molecule has 0 fully saturated rings. The SMILES string of the molecule is Cc1nc2cc3ccccc3cc2nc1C. The van der Waals surface area contributed by atoms with Gasteiger partial charge in [0, 0.05) is 0 Å². The highest BCUT2D eigenvalue weighted by Gasteiger charge is 2.02. The van der Waals surface area contributed by atoms with E-state index in [0.29, 0.717) is 0 Å². The van der Waals surface area contributed by atoms with Gasteiger partial charge < -0.3 is 0 Å². The highest BCUT2D eigenvalue weighted by molar-refractivity contribution is 5.94. The van der Waals surface area contributed by atoms with Crippen LogP contribution in [0.5, 0.6) is 0 Å². The van der Waals surface area contributed by atoms with Crippen LogP contribution >= 0.6 is 0 Å². The molecule has 3 rings (SSSR count). The third-order valence-corrected chi connectivity index (χ3v) is 2.94. The Morgan fingerprint density at radius 1 is 0.750 bits per heavy atom. The Hall–Kier alpha value is -1.96. The van der Waals surface area contributed by atoms with E-state index in [2.05, 4.69) is 34.2 Å². The maximum Gasteiger partial charge on any atom is 0.0896 e. The molecule has 2 aromatic carbocycles. The molecule has 3 aromatic rings. The minimum absolute atomic E-state index is 0.974. The van der Waals surface area contributed by atoms with Crippen molar-refractivity contribution >= 4 is 21.8 Å². The molecule has 2 nitrogen and oxygen atoms in total. The summed E-state index contributed by atoms with van der Waals surface area (Å²) in [6.07, 6.45) is 0. The predicted molar refractivity (Wildman–Crippen MR) is 66.5 cm³/mol. The fourth-order valence-corrected chi connectivity index (χ4v) is 1.92. The van der Waals surface area contributed by atoms with Gasteiger partial charge in [-0.05, 0) is 36.8 Å². The summed E-state index contributed by atoms with van der Waals surface area (Å²) in [7, 11) is 0. The van der Waals surface area contributed by atoms with Gasteiger partial charge in [0.05, 0.1) is 22.4 Å². The normalized spacial score (nSPS) is 11.1. The maximum atomic E-state index is 4.56. The molecule has 0 aliphatic rings. The molecule has 0 spiro atoms. The Morgan fingerprint density at radius 2 is 1.19 bits per heavy atom. The Kier molecular flexibility index (Phi) is 1.90. The molecule has 0 bridgehead atoms. The van der Waals surface area contributed by atoms with Crippen molar-refractivity contribution in [1.29, 1.82) is 0 Å². The second-order valence-electron chi connectivity index (χ2n) is 4.08. The molecule has 0 saturated carbocycles. The van der Waals surface area contributed by atoms with Crippen LogP contribution in [0.25, 0.3) is 21.8 Å². The van der Waals surface area contributed by atoms with Crippen LogP contribution in [-0.4, -0.2) is 9.97 Å². The fraction of sp³-hybridized carbons (Fsp3) is 0.143. The zero-order valence-corrected chi connectivity index (χ0v) is 9.36. The molecule has 0 saturated heterocycles. The van der Waals surface area contributed by atoms with Gasteiger partial charge in [-0.25, -0.2) is 9.97 Å². The molecule has 0 aliphatic carbocycles. The number of hydrogen-bond donors (Lipinski definition) is 0. The lowest BCUT2D eigenvalue weighted by atomic mass is 10.1. The van der Waals surface area contributed by atoms with Crippen molar-refractivity contribution in [1.82, 2.24) is 9.97 Å². The molecule has 0 atom stereocenters. The van der Waals surface area contributed by atoms with Crippen LogP contribution in [0.15, 0.2) is 36.4 Å². The summed E-state index contributed by atoms with van der Waals surface area (Å²) in [5.74, 6) is 0. The lowest BCUT2D eigenvalue weighted by molar-refractivity contribution is 1.10. The number of nitrogens with zero attached hydrogens (tertiary/aromatic N) is 2. The first-order valence-corrected chi connectivity index (χ1v) is 5.38. The molecule has 0 unspecified atom stereocenters. The molecule has 78 valence electrons. The molecule has 0 radical (unpaired) electrons. The predicted octanol–water partition coefficient (Wildman–Crippen LogP) is 3.40. The van der Waals surface area contributed by atoms with E-state index in [0.717, 1.165) is 22.4 Å². The molecular formula is C14H12N2. The summed E-state index contributed by atoms with van der Waals surface area (Å²) < 4.78 is 0. The van der Waals surface area contributed by atoms with Gasteiger partial charge in [0.2, 0.25) is 0 Å². The molecular weight excluding hydrogens is 196 g/mol.